The molecule has 1 amide bonds. The third kappa shape index (κ3) is 4.17. The largest absolute Gasteiger partial charge is 0.310 e. The Balaban J connectivity index is 1.81. The van der Waals surface area contributed by atoms with Crippen LogP contribution in [0.3, 0.4) is 0 Å². The van der Waals surface area contributed by atoms with Crippen LogP contribution in [0.15, 0.2) is 54.9 Å². The molecule has 0 aliphatic heterocycles. The number of hydrogen-bond acceptors (Lipinski definition) is 4. The first-order valence-corrected chi connectivity index (χ1v) is 10.4. The first-order valence-electron chi connectivity index (χ1n) is 10.4. The molecule has 0 aliphatic carbocycles. The number of hydrogen-bond donors (Lipinski definition) is 1. The van der Waals surface area contributed by atoms with E-state index in [4.69, 9.17) is 4.98 Å². The van der Waals surface area contributed by atoms with Crippen molar-refractivity contribution in [1.29, 1.82) is 0 Å². The molecule has 0 aliphatic rings. The molecule has 1 N–H and O–H groups in total. The molecule has 0 radical (unpaired) electrons. The second-order valence-electron chi connectivity index (χ2n) is 7.68. The Bertz CT molecular complexity index is 1250. The molecule has 1 atom stereocenters. The van der Waals surface area contributed by atoms with Gasteiger partial charge < -0.3 is 5.32 Å². The first-order chi connectivity index (χ1) is 15.0. The number of carbonyl (C=O) groups excluding carboxylic acids is 1. The predicted molar refractivity (Wildman–Crippen MR) is 119 cm³/mol. The van der Waals surface area contributed by atoms with Gasteiger partial charge in [-0.15, -0.1) is 0 Å². The van der Waals surface area contributed by atoms with E-state index in [1.165, 1.54) is 6.07 Å². The minimum absolute atomic E-state index is 0.0582. The first kappa shape index (κ1) is 20.7. The van der Waals surface area contributed by atoms with Crippen LogP contribution in [0.2, 0.25) is 0 Å². The summed E-state index contributed by atoms with van der Waals surface area (Å²) in [6.45, 7) is 5.69. The molecule has 31 heavy (non-hydrogen) atoms. The number of anilines is 1. The number of nitrogens with one attached hydrogen (secondary N) is 1. The van der Waals surface area contributed by atoms with Crippen LogP contribution < -0.4 is 5.32 Å². The number of nitrogens with zero attached hydrogens (tertiary/aromatic N) is 4. The molecule has 0 saturated heterocycles. The van der Waals surface area contributed by atoms with Crippen LogP contribution in [-0.2, 0) is 4.79 Å². The number of benzene rings is 1. The Labute approximate surface area is 180 Å². The van der Waals surface area contributed by atoms with Gasteiger partial charge >= 0.3 is 0 Å². The number of aromatic nitrogens is 4. The third-order valence-corrected chi connectivity index (χ3v) is 5.28. The second-order valence-corrected chi connectivity index (χ2v) is 7.68. The number of amides is 1. The number of rotatable bonds is 6. The van der Waals surface area contributed by atoms with Crippen molar-refractivity contribution in [2.75, 3.05) is 5.32 Å². The summed E-state index contributed by atoms with van der Waals surface area (Å²) in [5.41, 5.74) is 4.25. The maximum absolute atomic E-state index is 13.9. The summed E-state index contributed by atoms with van der Waals surface area (Å²) < 4.78 is 15.6. The maximum atomic E-state index is 13.9. The topological polar surface area (TPSA) is 72.2 Å². The van der Waals surface area contributed by atoms with Crippen molar-refractivity contribution in [3.8, 4) is 22.5 Å². The van der Waals surface area contributed by atoms with Crippen molar-refractivity contribution in [1.82, 2.24) is 19.6 Å². The lowest BCUT2D eigenvalue weighted by Crippen LogP contribution is -2.20. The summed E-state index contributed by atoms with van der Waals surface area (Å²) in [5.74, 6) is 0.0580. The molecule has 0 saturated carbocycles. The highest BCUT2D eigenvalue weighted by atomic mass is 19.1. The molecule has 1 aromatic carbocycles. The van der Waals surface area contributed by atoms with Crippen LogP contribution in [0.5, 0.6) is 0 Å². The minimum Gasteiger partial charge on any atom is -0.310 e. The number of imidazole rings is 1. The Hall–Kier alpha value is -3.61. The van der Waals surface area contributed by atoms with Gasteiger partial charge in [-0.1, -0.05) is 20.3 Å². The van der Waals surface area contributed by atoms with E-state index in [-0.39, 0.29) is 17.6 Å². The number of pyridine rings is 1. The molecule has 158 valence electrons. The van der Waals surface area contributed by atoms with Crippen molar-refractivity contribution in [2.45, 2.75) is 33.6 Å². The summed E-state index contributed by atoms with van der Waals surface area (Å²) in [4.78, 5) is 21.5. The number of aryl methyl sites for hydroxylation is 1. The molecule has 1 unspecified atom stereocenters. The van der Waals surface area contributed by atoms with Gasteiger partial charge in [-0.25, -0.2) is 18.9 Å². The van der Waals surface area contributed by atoms with Gasteiger partial charge in [0.05, 0.1) is 5.69 Å². The standard InChI is InChI=1S/C24H24FN5O/c1-4-6-15(2)24(31)28-20-14-18(10-12-26-20)23-22(17-8-9-19(25)16(3)13-17)29-21-7-5-11-27-30(21)23/h5,7-15H,4,6H2,1-3H3,(H,26,28,31). The van der Waals surface area contributed by atoms with Crippen molar-refractivity contribution < 1.29 is 9.18 Å². The lowest BCUT2D eigenvalue weighted by Gasteiger charge is -2.12. The molecular formula is C24H24FN5O. The van der Waals surface area contributed by atoms with Crippen LogP contribution >= 0.6 is 0 Å². The highest BCUT2D eigenvalue weighted by Gasteiger charge is 2.19. The summed E-state index contributed by atoms with van der Waals surface area (Å²) in [5, 5.41) is 7.36. The Morgan fingerprint density at radius 1 is 1.16 bits per heavy atom. The van der Waals surface area contributed by atoms with E-state index in [9.17, 15) is 9.18 Å². The quantitative estimate of drug-likeness (QED) is 0.463. The zero-order chi connectivity index (χ0) is 22.0. The van der Waals surface area contributed by atoms with Crippen LogP contribution in [-0.4, -0.2) is 25.5 Å². The minimum atomic E-state index is -0.262. The van der Waals surface area contributed by atoms with E-state index in [1.54, 1.807) is 36.0 Å². The average Bonchev–Trinajstić information content (AvgIpc) is 3.15. The zero-order valence-corrected chi connectivity index (χ0v) is 17.8. The van der Waals surface area contributed by atoms with E-state index in [0.29, 0.717) is 22.7 Å². The second kappa shape index (κ2) is 8.63. The van der Waals surface area contributed by atoms with Gasteiger partial charge in [0.2, 0.25) is 5.91 Å². The van der Waals surface area contributed by atoms with Gasteiger partial charge in [-0.2, -0.15) is 5.10 Å². The van der Waals surface area contributed by atoms with Crippen molar-refractivity contribution in [3.05, 3.63) is 66.2 Å². The fraction of sp³-hybridized carbons (Fsp3) is 0.250. The van der Waals surface area contributed by atoms with Gasteiger partial charge in [0.15, 0.2) is 5.65 Å². The average molecular weight is 417 g/mol. The lowest BCUT2D eigenvalue weighted by atomic mass is 10.0. The summed E-state index contributed by atoms with van der Waals surface area (Å²) in [6.07, 6.45) is 5.10. The molecule has 7 heteroatoms. The molecule has 0 bridgehead atoms. The van der Waals surface area contributed by atoms with E-state index in [2.05, 4.69) is 22.3 Å². The van der Waals surface area contributed by atoms with Crippen molar-refractivity contribution in [3.63, 3.8) is 0 Å². The Kier molecular flexibility index (Phi) is 5.75. The van der Waals surface area contributed by atoms with Gasteiger partial charge in [-0.05, 0) is 61.4 Å². The highest BCUT2D eigenvalue weighted by Crippen LogP contribution is 2.33. The molecule has 0 spiro atoms. The monoisotopic (exact) mass is 417 g/mol. The molecule has 0 fully saturated rings. The molecule has 4 rings (SSSR count). The van der Waals surface area contributed by atoms with Crippen LogP contribution in [0.1, 0.15) is 32.3 Å². The lowest BCUT2D eigenvalue weighted by molar-refractivity contribution is -0.119. The molecule has 3 heterocycles. The predicted octanol–water partition coefficient (Wildman–Crippen LogP) is 5.28. The van der Waals surface area contributed by atoms with Gasteiger partial charge in [0.25, 0.3) is 0 Å². The molecule has 3 aromatic heterocycles. The molecule has 6 nitrogen and oxygen atoms in total. The third-order valence-electron chi connectivity index (χ3n) is 5.28. The van der Waals surface area contributed by atoms with E-state index in [1.807, 2.05) is 31.2 Å². The smallest absolute Gasteiger partial charge is 0.228 e. The van der Waals surface area contributed by atoms with Crippen LogP contribution in [0.25, 0.3) is 28.2 Å². The van der Waals surface area contributed by atoms with Gasteiger partial charge in [0.1, 0.15) is 17.3 Å². The fourth-order valence-electron chi connectivity index (χ4n) is 3.60. The number of carbonyl (C=O) groups is 1. The summed E-state index contributed by atoms with van der Waals surface area (Å²) in [6, 6.07) is 12.3. The van der Waals surface area contributed by atoms with E-state index >= 15 is 0 Å². The number of fused-ring (bicyclic) bond motifs is 1. The summed E-state index contributed by atoms with van der Waals surface area (Å²) in [7, 11) is 0. The van der Waals surface area contributed by atoms with Gasteiger partial charge in [-0.3, -0.25) is 4.79 Å². The zero-order valence-electron chi connectivity index (χ0n) is 17.8. The van der Waals surface area contributed by atoms with Crippen molar-refractivity contribution in [2.24, 2.45) is 5.92 Å². The van der Waals surface area contributed by atoms with Crippen LogP contribution in [0.4, 0.5) is 10.2 Å². The summed E-state index contributed by atoms with van der Waals surface area (Å²) >= 11 is 0. The maximum Gasteiger partial charge on any atom is 0.228 e. The number of halogens is 1. The molecular weight excluding hydrogens is 393 g/mol. The SMILES string of the molecule is CCCC(C)C(=O)Nc1cc(-c2c(-c3ccc(F)c(C)c3)nc3cccnn23)ccn1. The Morgan fingerprint density at radius 2 is 2.00 bits per heavy atom. The normalized spacial score (nSPS) is 12.1. The fourth-order valence-corrected chi connectivity index (χ4v) is 3.60. The van der Waals surface area contributed by atoms with Crippen molar-refractivity contribution >= 4 is 17.4 Å². The van der Waals surface area contributed by atoms with E-state index in [0.717, 1.165) is 29.7 Å². The highest BCUT2D eigenvalue weighted by molar-refractivity contribution is 5.92. The van der Waals surface area contributed by atoms with Gasteiger partial charge in [0, 0.05) is 29.4 Å². The molecule has 4 aromatic rings. The Morgan fingerprint density at radius 3 is 2.77 bits per heavy atom. The van der Waals surface area contributed by atoms with E-state index < -0.39 is 0 Å². The van der Waals surface area contributed by atoms with Crippen LogP contribution in [0, 0.1) is 18.7 Å².